The predicted molar refractivity (Wildman–Crippen MR) is 43.0 cm³/mol. The fraction of sp³-hybridized carbons (Fsp3) is 0.857. The molecule has 0 saturated carbocycles. The molecule has 0 saturated heterocycles. The van der Waals surface area contributed by atoms with Gasteiger partial charge in [-0.15, -0.1) is 0 Å². The molecule has 0 radical (unpaired) electrons. The van der Waals surface area contributed by atoms with E-state index in [1.54, 1.807) is 6.92 Å². The molecule has 0 heterocycles. The Bertz CT molecular complexity index is 115. The predicted octanol–water partition coefficient (Wildman–Crippen LogP) is -0.778. The highest BCUT2D eigenvalue weighted by Gasteiger charge is 2.04. The molecule has 0 aromatic carbocycles. The SMILES string of the molecule is C[C@H](N)C(=O)NCCCCO. The fourth-order valence-electron chi connectivity index (χ4n) is 0.609. The van der Waals surface area contributed by atoms with Gasteiger partial charge in [0.05, 0.1) is 6.04 Å². The first-order chi connectivity index (χ1) is 5.18. The largest absolute Gasteiger partial charge is 0.396 e. The van der Waals surface area contributed by atoms with Gasteiger partial charge in [0.15, 0.2) is 0 Å². The van der Waals surface area contributed by atoms with Gasteiger partial charge in [0.2, 0.25) is 5.91 Å². The molecule has 4 N–H and O–H groups in total. The lowest BCUT2D eigenvalue weighted by atomic mass is 10.3. The maximum absolute atomic E-state index is 10.8. The first kappa shape index (κ1) is 10.4. The summed E-state index contributed by atoms with van der Waals surface area (Å²) in [5, 5.41) is 11.0. The van der Waals surface area contributed by atoms with Gasteiger partial charge in [-0.05, 0) is 19.8 Å². The molecule has 0 aromatic rings. The number of carbonyl (C=O) groups excluding carboxylic acids is 1. The van der Waals surface area contributed by atoms with Crippen LogP contribution in [0.3, 0.4) is 0 Å². The molecular weight excluding hydrogens is 144 g/mol. The third-order valence-electron chi connectivity index (χ3n) is 1.30. The standard InChI is InChI=1S/C7H16N2O2/c1-6(8)7(11)9-4-2-3-5-10/h6,10H,2-5,8H2,1H3,(H,9,11)/t6-/m0/s1. The zero-order chi connectivity index (χ0) is 8.69. The number of nitrogens with two attached hydrogens (primary N) is 1. The molecule has 0 aliphatic heterocycles. The number of carbonyl (C=O) groups is 1. The Hall–Kier alpha value is -0.610. The van der Waals surface area contributed by atoms with Crippen LogP contribution in [0.25, 0.3) is 0 Å². The Balaban J connectivity index is 3.18. The lowest BCUT2D eigenvalue weighted by Gasteiger charge is -2.06. The summed E-state index contributed by atoms with van der Waals surface area (Å²) in [4.78, 5) is 10.8. The first-order valence-corrected chi connectivity index (χ1v) is 3.82. The van der Waals surface area contributed by atoms with Gasteiger partial charge in [0, 0.05) is 13.2 Å². The molecule has 0 bridgehead atoms. The van der Waals surface area contributed by atoms with Crippen molar-refractivity contribution in [3.05, 3.63) is 0 Å². The van der Waals surface area contributed by atoms with Crippen molar-refractivity contribution in [3.8, 4) is 0 Å². The number of aliphatic hydroxyl groups is 1. The quantitative estimate of drug-likeness (QED) is 0.462. The molecule has 0 unspecified atom stereocenters. The molecule has 0 spiro atoms. The minimum Gasteiger partial charge on any atom is -0.396 e. The van der Waals surface area contributed by atoms with Crippen molar-refractivity contribution < 1.29 is 9.90 Å². The molecule has 4 nitrogen and oxygen atoms in total. The van der Waals surface area contributed by atoms with Crippen LogP contribution in [0.1, 0.15) is 19.8 Å². The average molecular weight is 160 g/mol. The molecule has 0 aliphatic carbocycles. The molecule has 0 aliphatic rings. The summed E-state index contributed by atoms with van der Waals surface area (Å²) in [5.41, 5.74) is 5.29. The van der Waals surface area contributed by atoms with E-state index in [0.717, 1.165) is 12.8 Å². The first-order valence-electron chi connectivity index (χ1n) is 3.82. The van der Waals surface area contributed by atoms with Crippen LogP contribution in [0.4, 0.5) is 0 Å². The Kier molecular flexibility index (Phi) is 5.78. The topological polar surface area (TPSA) is 75.4 Å². The Morgan fingerprint density at radius 2 is 2.27 bits per heavy atom. The Morgan fingerprint density at radius 3 is 2.73 bits per heavy atom. The van der Waals surface area contributed by atoms with Crippen LogP contribution < -0.4 is 11.1 Å². The summed E-state index contributed by atoms with van der Waals surface area (Å²) in [5.74, 6) is -0.136. The fourth-order valence-corrected chi connectivity index (χ4v) is 0.609. The maximum atomic E-state index is 10.8. The number of amides is 1. The molecule has 0 fully saturated rings. The van der Waals surface area contributed by atoms with Crippen molar-refractivity contribution in [2.45, 2.75) is 25.8 Å². The van der Waals surface area contributed by atoms with Crippen LogP contribution in [-0.2, 0) is 4.79 Å². The van der Waals surface area contributed by atoms with Crippen molar-refractivity contribution in [3.63, 3.8) is 0 Å². The highest BCUT2D eigenvalue weighted by molar-refractivity contribution is 5.80. The van der Waals surface area contributed by atoms with E-state index >= 15 is 0 Å². The molecule has 4 heteroatoms. The van der Waals surface area contributed by atoms with Gasteiger partial charge in [0.25, 0.3) is 0 Å². The molecule has 66 valence electrons. The highest BCUT2D eigenvalue weighted by Crippen LogP contribution is 1.84. The second-order valence-electron chi connectivity index (χ2n) is 2.51. The lowest BCUT2D eigenvalue weighted by Crippen LogP contribution is -2.38. The van der Waals surface area contributed by atoms with Crippen LogP contribution >= 0.6 is 0 Å². The van der Waals surface area contributed by atoms with E-state index in [1.165, 1.54) is 0 Å². The number of rotatable bonds is 5. The second-order valence-corrected chi connectivity index (χ2v) is 2.51. The van der Waals surface area contributed by atoms with Crippen molar-refractivity contribution in [2.75, 3.05) is 13.2 Å². The van der Waals surface area contributed by atoms with Crippen LogP contribution in [0.15, 0.2) is 0 Å². The third kappa shape index (κ3) is 5.82. The molecular formula is C7H16N2O2. The van der Waals surface area contributed by atoms with E-state index in [1.807, 2.05) is 0 Å². The monoisotopic (exact) mass is 160 g/mol. The summed E-state index contributed by atoms with van der Waals surface area (Å²) in [7, 11) is 0. The number of aliphatic hydroxyl groups excluding tert-OH is 1. The van der Waals surface area contributed by atoms with Gasteiger partial charge >= 0.3 is 0 Å². The summed E-state index contributed by atoms with van der Waals surface area (Å²) in [6.07, 6.45) is 1.52. The third-order valence-corrected chi connectivity index (χ3v) is 1.30. The van der Waals surface area contributed by atoms with Gasteiger partial charge in [-0.25, -0.2) is 0 Å². The summed E-state index contributed by atoms with van der Waals surface area (Å²) >= 11 is 0. The van der Waals surface area contributed by atoms with Gasteiger partial charge < -0.3 is 16.2 Å². The number of hydrogen-bond donors (Lipinski definition) is 3. The average Bonchev–Trinajstić information content (AvgIpc) is 1.97. The van der Waals surface area contributed by atoms with E-state index < -0.39 is 6.04 Å². The number of hydrogen-bond acceptors (Lipinski definition) is 3. The zero-order valence-corrected chi connectivity index (χ0v) is 6.84. The molecule has 0 aromatic heterocycles. The smallest absolute Gasteiger partial charge is 0.236 e. The van der Waals surface area contributed by atoms with E-state index in [-0.39, 0.29) is 12.5 Å². The second kappa shape index (κ2) is 6.12. The van der Waals surface area contributed by atoms with Crippen LogP contribution in [0.2, 0.25) is 0 Å². The van der Waals surface area contributed by atoms with E-state index in [9.17, 15) is 4.79 Å². The number of unbranched alkanes of at least 4 members (excludes halogenated alkanes) is 1. The van der Waals surface area contributed by atoms with Crippen LogP contribution in [-0.4, -0.2) is 30.2 Å². The lowest BCUT2D eigenvalue weighted by molar-refractivity contribution is -0.121. The minimum absolute atomic E-state index is 0.136. The van der Waals surface area contributed by atoms with E-state index in [4.69, 9.17) is 10.8 Å². The highest BCUT2D eigenvalue weighted by atomic mass is 16.2. The van der Waals surface area contributed by atoms with Gasteiger partial charge in [-0.3, -0.25) is 4.79 Å². The van der Waals surface area contributed by atoms with Crippen LogP contribution in [0, 0.1) is 0 Å². The van der Waals surface area contributed by atoms with Gasteiger partial charge in [-0.2, -0.15) is 0 Å². The minimum atomic E-state index is -0.441. The normalized spacial score (nSPS) is 12.6. The molecule has 11 heavy (non-hydrogen) atoms. The molecule has 0 rings (SSSR count). The van der Waals surface area contributed by atoms with Crippen molar-refractivity contribution in [2.24, 2.45) is 5.73 Å². The Labute approximate surface area is 66.8 Å². The van der Waals surface area contributed by atoms with E-state index in [0.29, 0.717) is 6.54 Å². The van der Waals surface area contributed by atoms with Crippen molar-refractivity contribution in [1.29, 1.82) is 0 Å². The van der Waals surface area contributed by atoms with Crippen molar-refractivity contribution >= 4 is 5.91 Å². The molecule has 1 amide bonds. The summed E-state index contributed by atoms with van der Waals surface area (Å²) in [6.45, 7) is 2.41. The molecule has 1 atom stereocenters. The van der Waals surface area contributed by atoms with E-state index in [2.05, 4.69) is 5.32 Å². The Morgan fingerprint density at radius 1 is 1.64 bits per heavy atom. The maximum Gasteiger partial charge on any atom is 0.236 e. The number of nitrogens with one attached hydrogen (secondary N) is 1. The summed E-state index contributed by atoms with van der Waals surface area (Å²) in [6, 6.07) is -0.441. The van der Waals surface area contributed by atoms with Crippen molar-refractivity contribution in [1.82, 2.24) is 5.32 Å². The van der Waals surface area contributed by atoms with Gasteiger partial charge in [0.1, 0.15) is 0 Å². The van der Waals surface area contributed by atoms with Crippen LogP contribution in [0.5, 0.6) is 0 Å². The zero-order valence-electron chi connectivity index (χ0n) is 6.84. The van der Waals surface area contributed by atoms with Gasteiger partial charge in [-0.1, -0.05) is 0 Å². The summed E-state index contributed by atoms with van der Waals surface area (Å²) < 4.78 is 0.